The fourth-order valence-corrected chi connectivity index (χ4v) is 0.616. The summed E-state index contributed by atoms with van der Waals surface area (Å²) in [7, 11) is 1.32. The molecular formula is C9H17NO3. The van der Waals surface area contributed by atoms with Gasteiger partial charge in [-0.15, -0.1) is 0 Å². The summed E-state index contributed by atoms with van der Waals surface area (Å²) in [6.07, 6.45) is 2.41. The Morgan fingerprint density at radius 2 is 2.31 bits per heavy atom. The van der Waals surface area contributed by atoms with E-state index in [0.29, 0.717) is 13.2 Å². The van der Waals surface area contributed by atoms with E-state index >= 15 is 0 Å². The monoisotopic (exact) mass is 187 g/mol. The van der Waals surface area contributed by atoms with Crippen molar-refractivity contribution in [1.82, 2.24) is 0 Å². The smallest absolute Gasteiger partial charge is 0.348 e. The van der Waals surface area contributed by atoms with Crippen molar-refractivity contribution in [2.45, 2.75) is 26.4 Å². The Balaban J connectivity index is 3.35. The van der Waals surface area contributed by atoms with Crippen molar-refractivity contribution in [2.75, 3.05) is 20.3 Å². The highest BCUT2D eigenvalue weighted by Gasteiger charge is 1.96. The summed E-state index contributed by atoms with van der Waals surface area (Å²) in [5.41, 5.74) is 0. The van der Waals surface area contributed by atoms with Crippen molar-refractivity contribution in [1.29, 1.82) is 0 Å². The fourth-order valence-electron chi connectivity index (χ4n) is 0.616. The lowest BCUT2D eigenvalue weighted by atomic mass is 10.3. The first-order chi connectivity index (χ1) is 6.20. The molecule has 0 aliphatic heterocycles. The highest BCUT2D eigenvalue weighted by molar-refractivity contribution is 6.23. The Morgan fingerprint density at radius 3 is 2.85 bits per heavy atom. The van der Waals surface area contributed by atoms with E-state index in [2.05, 4.69) is 16.7 Å². The van der Waals surface area contributed by atoms with Crippen LogP contribution in [0.4, 0.5) is 0 Å². The zero-order valence-corrected chi connectivity index (χ0v) is 8.45. The van der Waals surface area contributed by atoms with Crippen LogP contribution in [0, 0.1) is 0 Å². The maximum absolute atomic E-state index is 10.6. The van der Waals surface area contributed by atoms with Crippen LogP contribution in [-0.2, 0) is 14.3 Å². The van der Waals surface area contributed by atoms with Crippen LogP contribution in [0.3, 0.4) is 0 Å². The zero-order valence-electron chi connectivity index (χ0n) is 8.45. The van der Waals surface area contributed by atoms with Crippen molar-refractivity contribution < 1.29 is 14.3 Å². The Morgan fingerprint density at radius 1 is 1.62 bits per heavy atom. The van der Waals surface area contributed by atoms with Crippen LogP contribution >= 0.6 is 0 Å². The summed E-state index contributed by atoms with van der Waals surface area (Å²) < 4.78 is 9.71. The van der Waals surface area contributed by atoms with E-state index in [4.69, 9.17) is 4.74 Å². The molecule has 0 bridgehead atoms. The zero-order chi connectivity index (χ0) is 10.1. The number of carbonyl (C=O) groups is 1. The maximum atomic E-state index is 10.6. The van der Waals surface area contributed by atoms with E-state index in [0.717, 1.165) is 6.42 Å². The van der Waals surface area contributed by atoms with E-state index in [-0.39, 0.29) is 6.10 Å². The first-order valence-corrected chi connectivity index (χ1v) is 4.40. The van der Waals surface area contributed by atoms with Gasteiger partial charge < -0.3 is 9.47 Å². The number of aliphatic imine (C=N–C) groups is 1. The molecule has 0 aromatic heterocycles. The molecule has 0 aliphatic rings. The van der Waals surface area contributed by atoms with Gasteiger partial charge in [0.15, 0.2) is 0 Å². The molecule has 4 nitrogen and oxygen atoms in total. The van der Waals surface area contributed by atoms with Gasteiger partial charge >= 0.3 is 5.97 Å². The van der Waals surface area contributed by atoms with Gasteiger partial charge in [0.05, 0.1) is 26.4 Å². The summed E-state index contributed by atoms with van der Waals surface area (Å²) in [5, 5.41) is 0. The first kappa shape index (κ1) is 12.1. The second-order valence-electron chi connectivity index (χ2n) is 2.65. The van der Waals surface area contributed by atoms with Crippen LogP contribution in [0.2, 0.25) is 0 Å². The molecule has 0 N–H and O–H groups in total. The minimum atomic E-state index is -0.427. The highest BCUT2D eigenvalue weighted by Crippen LogP contribution is 1.94. The molecule has 4 heteroatoms. The largest absolute Gasteiger partial charge is 0.465 e. The molecule has 76 valence electrons. The van der Waals surface area contributed by atoms with E-state index in [9.17, 15) is 4.79 Å². The molecule has 0 radical (unpaired) electrons. The summed E-state index contributed by atoms with van der Waals surface area (Å²) >= 11 is 0. The van der Waals surface area contributed by atoms with E-state index < -0.39 is 5.97 Å². The third-order valence-corrected chi connectivity index (χ3v) is 1.60. The lowest BCUT2D eigenvalue weighted by Gasteiger charge is -2.07. The number of esters is 1. The summed E-state index contributed by atoms with van der Waals surface area (Å²) in [5.74, 6) is -0.427. The lowest BCUT2D eigenvalue weighted by molar-refractivity contribution is -0.132. The van der Waals surface area contributed by atoms with Crippen molar-refractivity contribution in [3.05, 3.63) is 0 Å². The van der Waals surface area contributed by atoms with Gasteiger partial charge in [-0.25, -0.2) is 4.79 Å². The van der Waals surface area contributed by atoms with Crippen molar-refractivity contribution in [2.24, 2.45) is 4.99 Å². The van der Waals surface area contributed by atoms with Gasteiger partial charge in [0.2, 0.25) is 0 Å². The molecule has 0 saturated heterocycles. The lowest BCUT2D eigenvalue weighted by Crippen LogP contribution is -2.10. The van der Waals surface area contributed by atoms with Crippen LogP contribution in [0.5, 0.6) is 0 Å². The summed E-state index contributed by atoms with van der Waals surface area (Å²) in [4.78, 5) is 14.4. The van der Waals surface area contributed by atoms with Gasteiger partial charge in [-0.1, -0.05) is 6.92 Å². The molecule has 0 rings (SSSR count). The van der Waals surface area contributed by atoms with E-state index in [1.807, 2.05) is 6.92 Å². The second-order valence-corrected chi connectivity index (χ2v) is 2.65. The van der Waals surface area contributed by atoms with Gasteiger partial charge in [-0.2, -0.15) is 0 Å². The first-order valence-electron chi connectivity index (χ1n) is 4.40. The topological polar surface area (TPSA) is 47.9 Å². The SMILES string of the molecule is CCC(C)OCCN=CC(=O)OC. The predicted octanol–water partition coefficient (Wildman–Crippen LogP) is 1.05. The number of ether oxygens (including phenoxy) is 2. The molecule has 0 fully saturated rings. The van der Waals surface area contributed by atoms with Crippen LogP contribution in [0.15, 0.2) is 4.99 Å². The Kier molecular flexibility index (Phi) is 7.20. The quantitative estimate of drug-likeness (QED) is 0.354. The molecule has 13 heavy (non-hydrogen) atoms. The molecule has 1 atom stereocenters. The average molecular weight is 187 g/mol. The fraction of sp³-hybridized carbons (Fsp3) is 0.778. The predicted molar refractivity (Wildman–Crippen MR) is 51.1 cm³/mol. The molecule has 1 unspecified atom stereocenters. The highest BCUT2D eigenvalue weighted by atomic mass is 16.5. The van der Waals surface area contributed by atoms with Crippen LogP contribution in [0.1, 0.15) is 20.3 Å². The van der Waals surface area contributed by atoms with E-state index in [1.54, 1.807) is 0 Å². The van der Waals surface area contributed by atoms with Gasteiger partial charge in [-0.05, 0) is 13.3 Å². The Bertz CT molecular complexity index is 168. The Hall–Kier alpha value is -0.900. The summed E-state index contributed by atoms with van der Waals surface area (Å²) in [6.45, 7) is 5.11. The minimum Gasteiger partial charge on any atom is -0.465 e. The molecule has 0 spiro atoms. The summed E-state index contributed by atoms with van der Waals surface area (Å²) in [6, 6.07) is 0. The normalized spacial score (nSPS) is 13.2. The van der Waals surface area contributed by atoms with Crippen LogP contribution in [0.25, 0.3) is 0 Å². The van der Waals surface area contributed by atoms with Crippen molar-refractivity contribution >= 4 is 12.2 Å². The Labute approximate surface area is 78.9 Å². The number of nitrogens with zero attached hydrogens (tertiary/aromatic N) is 1. The van der Waals surface area contributed by atoms with E-state index in [1.165, 1.54) is 13.3 Å². The molecule has 0 aliphatic carbocycles. The molecule has 0 heterocycles. The number of methoxy groups -OCH3 is 1. The molecule has 0 aromatic rings. The van der Waals surface area contributed by atoms with Crippen LogP contribution < -0.4 is 0 Å². The third kappa shape index (κ3) is 7.46. The van der Waals surface area contributed by atoms with Gasteiger partial charge in [0.1, 0.15) is 6.21 Å². The third-order valence-electron chi connectivity index (χ3n) is 1.60. The average Bonchev–Trinajstić information content (AvgIpc) is 2.16. The standard InChI is InChI=1S/C9H17NO3/c1-4-8(2)13-6-5-10-7-9(11)12-3/h7-8H,4-6H2,1-3H3. The molecular weight excluding hydrogens is 170 g/mol. The second kappa shape index (κ2) is 7.73. The molecule has 0 aromatic carbocycles. The van der Waals surface area contributed by atoms with Crippen LogP contribution in [-0.4, -0.2) is 38.5 Å². The number of hydrogen-bond acceptors (Lipinski definition) is 4. The minimum absolute atomic E-state index is 0.258. The molecule has 0 amide bonds. The number of carbonyl (C=O) groups excluding carboxylic acids is 1. The van der Waals surface area contributed by atoms with Gasteiger partial charge in [0.25, 0.3) is 0 Å². The van der Waals surface area contributed by atoms with Crippen molar-refractivity contribution in [3.63, 3.8) is 0 Å². The van der Waals surface area contributed by atoms with Crippen molar-refractivity contribution in [3.8, 4) is 0 Å². The maximum Gasteiger partial charge on any atom is 0.348 e. The number of rotatable bonds is 6. The van der Waals surface area contributed by atoms with Gasteiger partial charge in [-0.3, -0.25) is 4.99 Å². The number of hydrogen-bond donors (Lipinski definition) is 0. The van der Waals surface area contributed by atoms with Gasteiger partial charge in [0, 0.05) is 0 Å². The molecule has 0 saturated carbocycles.